The van der Waals surface area contributed by atoms with E-state index in [1.54, 1.807) is 6.20 Å². The van der Waals surface area contributed by atoms with E-state index in [-0.39, 0.29) is 5.69 Å². The Balaban J connectivity index is 2.16. The molecule has 0 aliphatic heterocycles. The minimum absolute atomic E-state index is 0.238. The number of aromatic nitrogens is 2. The van der Waals surface area contributed by atoms with Crippen LogP contribution >= 0.6 is 15.9 Å². The summed E-state index contributed by atoms with van der Waals surface area (Å²) in [4.78, 5) is 4.17. The standard InChI is InChI=1S/C12H12BrF2N3/c1-2-18-4-3-16-11(18)7-17-12-9(13)5-8(14)6-10(12)15/h3-6,17H,2,7H2,1H3. The maximum absolute atomic E-state index is 13.6. The van der Waals surface area contributed by atoms with Crippen LogP contribution in [0.1, 0.15) is 12.7 Å². The van der Waals surface area contributed by atoms with Gasteiger partial charge in [0.15, 0.2) is 0 Å². The smallest absolute Gasteiger partial charge is 0.150 e. The number of benzene rings is 1. The van der Waals surface area contributed by atoms with Gasteiger partial charge >= 0.3 is 0 Å². The number of imidazole rings is 1. The van der Waals surface area contributed by atoms with Crippen molar-refractivity contribution in [2.75, 3.05) is 5.32 Å². The van der Waals surface area contributed by atoms with E-state index in [4.69, 9.17) is 0 Å². The highest BCUT2D eigenvalue weighted by molar-refractivity contribution is 9.10. The second-order valence-corrected chi connectivity index (χ2v) is 4.58. The zero-order chi connectivity index (χ0) is 13.1. The summed E-state index contributed by atoms with van der Waals surface area (Å²) >= 11 is 3.13. The predicted molar refractivity (Wildman–Crippen MR) is 69.3 cm³/mol. The fourth-order valence-electron chi connectivity index (χ4n) is 1.67. The maximum Gasteiger partial charge on any atom is 0.150 e. The number of anilines is 1. The number of hydrogen-bond acceptors (Lipinski definition) is 2. The first-order valence-corrected chi connectivity index (χ1v) is 6.29. The van der Waals surface area contributed by atoms with Crippen LogP contribution in [-0.2, 0) is 13.1 Å². The molecule has 1 aromatic heterocycles. The minimum atomic E-state index is -0.628. The summed E-state index contributed by atoms with van der Waals surface area (Å²) in [6, 6.07) is 2.07. The molecule has 1 aromatic carbocycles. The van der Waals surface area contributed by atoms with Gasteiger partial charge in [-0.3, -0.25) is 0 Å². The predicted octanol–water partition coefficient (Wildman–Crippen LogP) is 3.56. The normalized spacial score (nSPS) is 10.7. The lowest BCUT2D eigenvalue weighted by Crippen LogP contribution is -2.09. The van der Waals surface area contributed by atoms with E-state index in [0.717, 1.165) is 18.4 Å². The largest absolute Gasteiger partial charge is 0.375 e. The SMILES string of the molecule is CCn1ccnc1CNc1c(F)cc(F)cc1Br. The number of aryl methyl sites for hydroxylation is 1. The van der Waals surface area contributed by atoms with Gasteiger partial charge in [0.1, 0.15) is 17.5 Å². The Kier molecular flexibility index (Phi) is 3.96. The number of nitrogens with zero attached hydrogens (tertiary/aromatic N) is 2. The van der Waals surface area contributed by atoms with Crippen molar-refractivity contribution in [3.8, 4) is 0 Å². The summed E-state index contributed by atoms with van der Waals surface area (Å²) in [5.74, 6) is -0.440. The fraction of sp³-hybridized carbons (Fsp3) is 0.250. The average Bonchev–Trinajstić information content (AvgIpc) is 2.75. The third kappa shape index (κ3) is 2.69. The molecule has 0 aliphatic carbocycles. The van der Waals surface area contributed by atoms with Crippen LogP contribution in [0.5, 0.6) is 0 Å². The summed E-state index contributed by atoms with van der Waals surface area (Å²) in [5.41, 5.74) is 0.238. The van der Waals surface area contributed by atoms with E-state index in [2.05, 4.69) is 26.2 Å². The van der Waals surface area contributed by atoms with Crippen molar-refractivity contribution in [3.63, 3.8) is 0 Å². The van der Waals surface area contributed by atoms with Gasteiger partial charge in [-0.15, -0.1) is 0 Å². The van der Waals surface area contributed by atoms with Gasteiger partial charge in [0.25, 0.3) is 0 Å². The molecule has 2 aromatic rings. The van der Waals surface area contributed by atoms with Crippen LogP contribution < -0.4 is 5.32 Å². The average molecular weight is 316 g/mol. The fourth-order valence-corrected chi connectivity index (χ4v) is 2.22. The first-order valence-electron chi connectivity index (χ1n) is 5.50. The summed E-state index contributed by atoms with van der Waals surface area (Å²) in [6.45, 7) is 3.17. The van der Waals surface area contributed by atoms with Gasteiger partial charge < -0.3 is 9.88 Å². The van der Waals surface area contributed by atoms with Gasteiger partial charge in [-0.25, -0.2) is 13.8 Å². The Morgan fingerprint density at radius 1 is 1.39 bits per heavy atom. The van der Waals surface area contributed by atoms with Crippen molar-refractivity contribution in [2.24, 2.45) is 0 Å². The molecule has 0 atom stereocenters. The van der Waals surface area contributed by atoms with Crippen molar-refractivity contribution in [1.82, 2.24) is 9.55 Å². The highest BCUT2D eigenvalue weighted by Gasteiger charge is 2.10. The van der Waals surface area contributed by atoms with Gasteiger partial charge in [0.05, 0.1) is 12.2 Å². The highest BCUT2D eigenvalue weighted by Crippen LogP contribution is 2.27. The molecule has 3 nitrogen and oxygen atoms in total. The molecule has 0 aliphatic rings. The summed E-state index contributed by atoms with van der Waals surface area (Å²) in [6.07, 6.45) is 3.55. The number of hydrogen-bond donors (Lipinski definition) is 1. The first-order chi connectivity index (χ1) is 8.61. The van der Waals surface area contributed by atoms with E-state index >= 15 is 0 Å². The third-order valence-electron chi connectivity index (χ3n) is 2.57. The van der Waals surface area contributed by atoms with E-state index in [0.29, 0.717) is 11.0 Å². The Labute approximate surface area is 112 Å². The maximum atomic E-state index is 13.6. The monoisotopic (exact) mass is 315 g/mol. The Hall–Kier alpha value is -1.43. The second-order valence-electron chi connectivity index (χ2n) is 3.73. The Morgan fingerprint density at radius 3 is 2.83 bits per heavy atom. The lowest BCUT2D eigenvalue weighted by molar-refractivity contribution is 0.583. The molecule has 6 heteroatoms. The lowest BCUT2D eigenvalue weighted by Gasteiger charge is -2.10. The molecule has 2 rings (SSSR count). The van der Waals surface area contributed by atoms with Crippen LogP contribution in [0.3, 0.4) is 0 Å². The molecule has 96 valence electrons. The molecule has 0 radical (unpaired) electrons. The molecule has 0 unspecified atom stereocenters. The number of rotatable bonds is 4. The summed E-state index contributed by atoms with van der Waals surface area (Å²) in [7, 11) is 0. The number of nitrogens with one attached hydrogen (secondary N) is 1. The van der Waals surface area contributed by atoms with Crippen LogP contribution in [0.25, 0.3) is 0 Å². The van der Waals surface area contributed by atoms with Crippen LogP contribution in [0.15, 0.2) is 29.0 Å². The van der Waals surface area contributed by atoms with Gasteiger partial charge in [0, 0.05) is 29.5 Å². The van der Waals surface area contributed by atoms with E-state index in [1.165, 1.54) is 6.07 Å². The van der Waals surface area contributed by atoms with Crippen LogP contribution in [0.2, 0.25) is 0 Å². The molecular weight excluding hydrogens is 304 g/mol. The highest BCUT2D eigenvalue weighted by atomic mass is 79.9. The van der Waals surface area contributed by atoms with Gasteiger partial charge in [-0.1, -0.05) is 0 Å². The molecule has 0 bridgehead atoms. The molecule has 1 N–H and O–H groups in total. The van der Waals surface area contributed by atoms with Crippen LogP contribution in [0, 0.1) is 11.6 Å². The van der Waals surface area contributed by atoms with Gasteiger partial charge in [-0.2, -0.15) is 0 Å². The summed E-state index contributed by atoms with van der Waals surface area (Å²) in [5, 5.41) is 2.91. The molecule has 0 spiro atoms. The minimum Gasteiger partial charge on any atom is -0.375 e. The summed E-state index contributed by atoms with van der Waals surface area (Å²) < 4.78 is 28.8. The zero-order valence-electron chi connectivity index (χ0n) is 9.75. The van der Waals surface area contributed by atoms with Crippen molar-refractivity contribution in [3.05, 3.63) is 46.5 Å². The zero-order valence-corrected chi connectivity index (χ0v) is 11.3. The van der Waals surface area contributed by atoms with Crippen LogP contribution in [-0.4, -0.2) is 9.55 Å². The molecule has 0 saturated heterocycles. The molecular formula is C12H12BrF2N3. The van der Waals surface area contributed by atoms with E-state index < -0.39 is 11.6 Å². The Morgan fingerprint density at radius 2 is 2.17 bits per heavy atom. The topological polar surface area (TPSA) is 29.9 Å². The van der Waals surface area contributed by atoms with E-state index in [9.17, 15) is 8.78 Å². The molecule has 0 amide bonds. The molecule has 0 saturated carbocycles. The lowest BCUT2D eigenvalue weighted by atomic mass is 10.3. The second kappa shape index (κ2) is 5.48. The first kappa shape index (κ1) is 13.0. The van der Waals surface area contributed by atoms with Gasteiger partial charge in [0.2, 0.25) is 0 Å². The van der Waals surface area contributed by atoms with Crippen molar-refractivity contribution >= 4 is 21.6 Å². The van der Waals surface area contributed by atoms with E-state index in [1.807, 2.05) is 17.7 Å². The number of halogens is 3. The van der Waals surface area contributed by atoms with Crippen molar-refractivity contribution < 1.29 is 8.78 Å². The Bertz CT molecular complexity index is 531. The third-order valence-corrected chi connectivity index (χ3v) is 3.20. The van der Waals surface area contributed by atoms with Crippen molar-refractivity contribution in [2.45, 2.75) is 20.0 Å². The quantitative estimate of drug-likeness (QED) is 0.935. The molecule has 1 heterocycles. The van der Waals surface area contributed by atoms with Crippen molar-refractivity contribution in [1.29, 1.82) is 0 Å². The molecule has 0 fully saturated rings. The van der Waals surface area contributed by atoms with Gasteiger partial charge in [-0.05, 0) is 28.9 Å². The van der Waals surface area contributed by atoms with Crippen LogP contribution in [0.4, 0.5) is 14.5 Å². The molecule has 18 heavy (non-hydrogen) atoms.